The third-order valence-corrected chi connectivity index (χ3v) is 4.50. The largest absolute Gasteiger partial charge is 0.495 e. The zero-order valence-corrected chi connectivity index (χ0v) is 16.6. The first-order valence-corrected chi connectivity index (χ1v) is 9.49. The number of hydrogen-bond acceptors (Lipinski definition) is 7. The van der Waals surface area contributed by atoms with Gasteiger partial charge in [0.25, 0.3) is 0 Å². The third-order valence-electron chi connectivity index (χ3n) is 4.50. The van der Waals surface area contributed by atoms with E-state index in [2.05, 4.69) is 20.4 Å². The molecule has 0 atom stereocenters. The Morgan fingerprint density at radius 3 is 2.50 bits per heavy atom. The molecule has 3 aromatic heterocycles. The number of piperidine rings is 1. The molecular weight excluding hydrogens is 356 g/mol. The molecule has 1 aliphatic rings. The number of pyridine rings is 1. The second kappa shape index (κ2) is 8.53. The number of nitrogen functional groups attached to an aromatic ring is 1. The second-order valence-electron chi connectivity index (χ2n) is 7.29. The summed E-state index contributed by atoms with van der Waals surface area (Å²) in [6, 6.07) is 7.09. The fraction of sp³-hybridized carbons (Fsp3) is 0.450. The molecule has 3 aromatic rings. The van der Waals surface area contributed by atoms with Crippen LogP contribution in [0.3, 0.4) is 0 Å². The lowest BCUT2D eigenvalue weighted by Crippen LogP contribution is -2.21. The number of methoxy groups -OCH3 is 1. The summed E-state index contributed by atoms with van der Waals surface area (Å²) in [4.78, 5) is 8.60. The predicted molar refractivity (Wildman–Crippen MR) is 109 cm³/mol. The molecule has 8 heteroatoms. The first kappa shape index (κ1) is 20.0. The van der Waals surface area contributed by atoms with Crippen LogP contribution in [0.2, 0.25) is 0 Å². The molecule has 0 radical (unpaired) electrons. The summed E-state index contributed by atoms with van der Waals surface area (Å²) in [7, 11) is 1.53. The summed E-state index contributed by atoms with van der Waals surface area (Å²) in [6.45, 7) is 5.80. The van der Waals surface area contributed by atoms with Gasteiger partial charge in [0.05, 0.1) is 19.0 Å². The number of rotatable bonds is 3. The van der Waals surface area contributed by atoms with Crippen LogP contribution in [0.1, 0.15) is 38.8 Å². The molecule has 1 fully saturated rings. The molecule has 0 saturated carbocycles. The highest BCUT2D eigenvalue weighted by atomic mass is 16.5. The van der Waals surface area contributed by atoms with Crippen LogP contribution in [-0.4, -0.2) is 44.9 Å². The Kier molecular flexibility index (Phi) is 6.11. The first-order valence-electron chi connectivity index (χ1n) is 9.49. The minimum atomic E-state index is -1.15. The molecule has 150 valence electrons. The molecular formula is C20H28N6O2. The molecule has 4 heterocycles. The van der Waals surface area contributed by atoms with Gasteiger partial charge in [-0.2, -0.15) is 5.10 Å². The van der Waals surface area contributed by atoms with Gasteiger partial charge in [-0.25, -0.2) is 14.5 Å². The van der Waals surface area contributed by atoms with Crippen molar-refractivity contribution >= 4 is 11.5 Å². The topological polar surface area (TPSA) is 111 Å². The summed E-state index contributed by atoms with van der Waals surface area (Å²) in [5.74, 6) is 0.904. The summed E-state index contributed by atoms with van der Waals surface area (Å²) < 4.78 is 6.93. The van der Waals surface area contributed by atoms with Gasteiger partial charge in [-0.1, -0.05) is 12.5 Å². The monoisotopic (exact) mass is 384 g/mol. The number of nitrogens with one attached hydrogen (secondary N) is 1. The average Bonchev–Trinajstić information content (AvgIpc) is 3.11. The maximum absolute atomic E-state index is 10.3. The maximum atomic E-state index is 10.3. The van der Waals surface area contributed by atoms with Gasteiger partial charge in [0.2, 0.25) is 0 Å². The normalized spacial score (nSPS) is 14.4. The van der Waals surface area contributed by atoms with E-state index in [1.807, 2.05) is 12.1 Å². The van der Waals surface area contributed by atoms with Crippen molar-refractivity contribution in [1.82, 2.24) is 24.9 Å². The Bertz CT molecular complexity index is 917. The number of hydrogen-bond donors (Lipinski definition) is 3. The van der Waals surface area contributed by atoms with Gasteiger partial charge in [0.1, 0.15) is 28.6 Å². The molecule has 0 aromatic carbocycles. The number of fused-ring (bicyclic) bond motifs is 1. The van der Waals surface area contributed by atoms with E-state index in [-0.39, 0.29) is 0 Å². The minimum absolute atomic E-state index is 0.420. The van der Waals surface area contributed by atoms with Crippen molar-refractivity contribution < 1.29 is 9.84 Å². The molecule has 0 spiro atoms. The highest BCUT2D eigenvalue weighted by Gasteiger charge is 2.25. The predicted octanol–water partition coefficient (Wildman–Crippen LogP) is 2.37. The summed E-state index contributed by atoms with van der Waals surface area (Å²) >= 11 is 0. The SMILES string of the molecule is C1CCNCC1.COc1cc2ncc(-c3cccc(N)n3)n2nc1C(C)(C)O. The third kappa shape index (κ3) is 4.58. The van der Waals surface area contributed by atoms with E-state index >= 15 is 0 Å². The van der Waals surface area contributed by atoms with E-state index in [0.717, 1.165) is 0 Å². The standard InChI is InChI=1S/C15H17N5O2.C5H11N/c1-15(2,21)14-11(22-3)7-13-17-8-10(20(13)19-14)9-5-4-6-12(16)18-9;1-2-4-6-5-3-1/h4-8,21H,1-3H3,(H2,16,18);6H,1-5H2. The zero-order valence-electron chi connectivity index (χ0n) is 16.6. The highest BCUT2D eigenvalue weighted by Crippen LogP contribution is 2.30. The van der Waals surface area contributed by atoms with Gasteiger partial charge in [-0.15, -0.1) is 0 Å². The Labute approximate surface area is 164 Å². The fourth-order valence-corrected chi connectivity index (χ4v) is 3.05. The Morgan fingerprint density at radius 2 is 1.96 bits per heavy atom. The maximum Gasteiger partial charge on any atom is 0.157 e. The number of aliphatic hydroxyl groups is 1. The van der Waals surface area contributed by atoms with Gasteiger partial charge < -0.3 is 20.9 Å². The molecule has 0 amide bonds. The smallest absolute Gasteiger partial charge is 0.157 e. The lowest BCUT2D eigenvalue weighted by Gasteiger charge is -2.19. The van der Waals surface area contributed by atoms with Gasteiger partial charge in [-0.3, -0.25) is 0 Å². The highest BCUT2D eigenvalue weighted by molar-refractivity contribution is 5.62. The summed E-state index contributed by atoms with van der Waals surface area (Å²) in [6.07, 6.45) is 5.88. The molecule has 4 N–H and O–H groups in total. The van der Waals surface area contributed by atoms with E-state index in [9.17, 15) is 5.11 Å². The lowest BCUT2D eigenvalue weighted by atomic mass is 10.0. The number of aromatic nitrogens is 4. The van der Waals surface area contributed by atoms with Crippen molar-refractivity contribution in [1.29, 1.82) is 0 Å². The van der Waals surface area contributed by atoms with Crippen LogP contribution >= 0.6 is 0 Å². The lowest BCUT2D eigenvalue weighted by molar-refractivity contribution is 0.0694. The van der Waals surface area contributed by atoms with Crippen LogP contribution < -0.4 is 15.8 Å². The molecule has 4 rings (SSSR count). The van der Waals surface area contributed by atoms with Crippen LogP contribution in [0.5, 0.6) is 5.75 Å². The van der Waals surface area contributed by atoms with Crippen LogP contribution in [0.4, 0.5) is 5.82 Å². The molecule has 8 nitrogen and oxygen atoms in total. The van der Waals surface area contributed by atoms with E-state index in [4.69, 9.17) is 10.5 Å². The fourth-order valence-electron chi connectivity index (χ4n) is 3.05. The summed E-state index contributed by atoms with van der Waals surface area (Å²) in [5.41, 5.74) is 6.96. The average molecular weight is 384 g/mol. The first-order chi connectivity index (χ1) is 13.4. The Morgan fingerprint density at radius 1 is 1.21 bits per heavy atom. The van der Waals surface area contributed by atoms with Crippen LogP contribution in [0.25, 0.3) is 17.0 Å². The zero-order chi connectivity index (χ0) is 20.1. The number of anilines is 1. The molecule has 1 aliphatic heterocycles. The molecule has 28 heavy (non-hydrogen) atoms. The van der Waals surface area contributed by atoms with Gasteiger partial charge >= 0.3 is 0 Å². The van der Waals surface area contributed by atoms with E-state index in [0.29, 0.717) is 34.3 Å². The van der Waals surface area contributed by atoms with E-state index in [1.54, 1.807) is 36.7 Å². The van der Waals surface area contributed by atoms with E-state index in [1.165, 1.54) is 39.5 Å². The van der Waals surface area contributed by atoms with Crippen molar-refractivity contribution in [3.8, 4) is 17.1 Å². The van der Waals surface area contributed by atoms with E-state index < -0.39 is 5.60 Å². The van der Waals surface area contributed by atoms with Crippen molar-refractivity contribution in [2.45, 2.75) is 38.7 Å². The van der Waals surface area contributed by atoms with Crippen molar-refractivity contribution in [3.63, 3.8) is 0 Å². The van der Waals surface area contributed by atoms with Crippen molar-refractivity contribution in [3.05, 3.63) is 36.2 Å². The van der Waals surface area contributed by atoms with Crippen LogP contribution in [0.15, 0.2) is 30.5 Å². The number of imidazole rings is 1. The van der Waals surface area contributed by atoms with Gasteiger partial charge in [0, 0.05) is 6.07 Å². The molecule has 0 bridgehead atoms. The second-order valence-corrected chi connectivity index (χ2v) is 7.29. The van der Waals surface area contributed by atoms with Crippen molar-refractivity contribution in [2.75, 3.05) is 25.9 Å². The Balaban J connectivity index is 0.000000320. The van der Waals surface area contributed by atoms with Crippen LogP contribution in [0, 0.1) is 0 Å². The molecule has 1 saturated heterocycles. The summed E-state index contributed by atoms with van der Waals surface area (Å²) in [5, 5.41) is 18.1. The van der Waals surface area contributed by atoms with Crippen LogP contribution in [-0.2, 0) is 5.60 Å². The van der Waals surface area contributed by atoms with Gasteiger partial charge in [0.15, 0.2) is 5.65 Å². The minimum Gasteiger partial charge on any atom is -0.495 e. The quantitative estimate of drug-likeness (QED) is 0.636. The number of ether oxygens (including phenoxy) is 1. The Hall–Kier alpha value is -2.71. The number of nitrogens with two attached hydrogens (primary N) is 1. The number of nitrogens with zero attached hydrogens (tertiary/aromatic N) is 4. The molecule has 0 unspecified atom stereocenters. The molecule has 0 aliphatic carbocycles. The van der Waals surface area contributed by atoms with Crippen molar-refractivity contribution in [2.24, 2.45) is 0 Å². The van der Waals surface area contributed by atoms with Gasteiger partial charge in [-0.05, 0) is 51.9 Å².